The van der Waals surface area contributed by atoms with E-state index in [0.29, 0.717) is 9.86 Å². The van der Waals surface area contributed by atoms with Gasteiger partial charge in [0.1, 0.15) is 5.82 Å². The zero-order chi connectivity index (χ0) is 14.0. The van der Waals surface area contributed by atoms with E-state index < -0.39 is 12.0 Å². The third kappa shape index (κ3) is 3.13. The predicted molar refractivity (Wildman–Crippen MR) is 67.8 cm³/mol. The quantitative estimate of drug-likeness (QED) is 0.905. The molecule has 1 aromatic heterocycles. The molecule has 0 aliphatic carbocycles. The molecule has 0 spiro atoms. The summed E-state index contributed by atoms with van der Waals surface area (Å²) < 4.78 is 38.8. The minimum atomic E-state index is -4.61. The number of anilines is 1. The molecule has 8 heteroatoms. The Hall–Kier alpha value is -1.41. The third-order valence-corrected chi connectivity index (χ3v) is 2.81. The second-order valence-corrected chi connectivity index (χ2v) is 4.62. The van der Waals surface area contributed by atoms with E-state index in [9.17, 15) is 13.2 Å². The lowest BCUT2D eigenvalue weighted by Gasteiger charge is -2.11. The van der Waals surface area contributed by atoms with Gasteiger partial charge in [-0.3, -0.25) is 0 Å². The van der Waals surface area contributed by atoms with Gasteiger partial charge < -0.3 is 10.4 Å². The molecule has 19 heavy (non-hydrogen) atoms. The average Bonchev–Trinajstić information content (AvgIpc) is 2.34. The van der Waals surface area contributed by atoms with Crippen LogP contribution in [0.3, 0.4) is 0 Å². The van der Waals surface area contributed by atoms with Gasteiger partial charge in [0.2, 0.25) is 5.82 Å². The number of benzene rings is 1. The standard InChI is InChI=1S/C11H9BrF3N3O/c12-6-1-2-8-7(5-6)9(16-3-4-19)18-10(17-8)11(13,14)15/h1-2,5,19H,3-4H2,(H,16,17,18). The van der Waals surface area contributed by atoms with Crippen molar-refractivity contribution in [2.45, 2.75) is 6.18 Å². The fourth-order valence-corrected chi connectivity index (χ4v) is 1.90. The van der Waals surface area contributed by atoms with Gasteiger partial charge in [0.15, 0.2) is 0 Å². The lowest BCUT2D eigenvalue weighted by Crippen LogP contribution is -2.15. The van der Waals surface area contributed by atoms with Crippen LogP contribution in [0, 0.1) is 0 Å². The van der Waals surface area contributed by atoms with Crippen molar-refractivity contribution in [1.29, 1.82) is 0 Å². The molecule has 0 saturated carbocycles. The Morgan fingerprint density at radius 2 is 2.00 bits per heavy atom. The largest absolute Gasteiger partial charge is 0.451 e. The summed E-state index contributed by atoms with van der Waals surface area (Å²) in [4.78, 5) is 6.97. The van der Waals surface area contributed by atoms with Crippen molar-refractivity contribution in [3.63, 3.8) is 0 Å². The number of nitrogens with zero attached hydrogens (tertiary/aromatic N) is 2. The van der Waals surface area contributed by atoms with Crippen LogP contribution in [-0.4, -0.2) is 28.2 Å². The molecule has 2 rings (SSSR count). The highest BCUT2D eigenvalue weighted by Crippen LogP contribution is 2.31. The lowest BCUT2D eigenvalue weighted by molar-refractivity contribution is -0.144. The van der Waals surface area contributed by atoms with Crippen LogP contribution >= 0.6 is 15.9 Å². The van der Waals surface area contributed by atoms with E-state index in [1.54, 1.807) is 12.1 Å². The van der Waals surface area contributed by atoms with Crippen LogP contribution in [-0.2, 0) is 6.18 Å². The molecule has 4 nitrogen and oxygen atoms in total. The van der Waals surface area contributed by atoms with E-state index in [2.05, 4.69) is 31.2 Å². The van der Waals surface area contributed by atoms with Gasteiger partial charge in [0.25, 0.3) is 0 Å². The van der Waals surface area contributed by atoms with Crippen molar-refractivity contribution in [1.82, 2.24) is 9.97 Å². The molecule has 0 bridgehead atoms. The minimum absolute atomic E-state index is 0.0488. The molecule has 0 amide bonds. The first-order chi connectivity index (χ1) is 8.91. The summed E-state index contributed by atoms with van der Waals surface area (Å²) in [6.07, 6.45) is -4.61. The van der Waals surface area contributed by atoms with Crippen LogP contribution in [0.2, 0.25) is 0 Å². The van der Waals surface area contributed by atoms with Gasteiger partial charge in [-0.1, -0.05) is 15.9 Å². The van der Waals surface area contributed by atoms with E-state index in [0.717, 1.165) is 0 Å². The molecule has 0 aliphatic rings. The number of halogens is 4. The van der Waals surface area contributed by atoms with Crippen LogP contribution in [0.5, 0.6) is 0 Å². The van der Waals surface area contributed by atoms with E-state index in [-0.39, 0.29) is 24.5 Å². The summed E-state index contributed by atoms with van der Waals surface area (Å²) in [5.41, 5.74) is 0.186. The number of fused-ring (bicyclic) bond motifs is 1. The van der Waals surface area contributed by atoms with Crippen LogP contribution < -0.4 is 5.32 Å². The Kier molecular flexibility index (Phi) is 3.91. The summed E-state index contributed by atoms with van der Waals surface area (Å²) in [6, 6.07) is 4.70. The Labute approximate surface area is 114 Å². The highest BCUT2D eigenvalue weighted by atomic mass is 79.9. The zero-order valence-electron chi connectivity index (χ0n) is 9.50. The molecule has 1 aromatic carbocycles. The smallest absolute Gasteiger partial charge is 0.395 e. The van der Waals surface area contributed by atoms with Crippen LogP contribution in [0.15, 0.2) is 22.7 Å². The second-order valence-electron chi connectivity index (χ2n) is 3.71. The summed E-state index contributed by atoms with van der Waals surface area (Å²) in [5, 5.41) is 11.9. The number of hydrogen-bond donors (Lipinski definition) is 2. The van der Waals surface area contributed by atoms with Gasteiger partial charge in [0, 0.05) is 16.4 Å². The monoisotopic (exact) mass is 335 g/mol. The fraction of sp³-hybridized carbons (Fsp3) is 0.273. The number of aromatic nitrogens is 2. The molecule has 0 atom stereocenters. The molecule has 0 radical (unpaired) electrons. The zero-order valence-corrected chi connectivity index (χ0v) is 11.1. The normalized spacial score (nSPS) is 11.8. The number of hydrogen-bond acceptors (Lipinski definition) is 4. The maximum atomic E-state index is 12.7. The van der Waals surface area contributed by atoms with E-state index >= 15 is 0 Å². The van der Waals surface area contributed by atoms with Gasteiger partial charge >= 0.3 is 6.18 Å². The van der Waals surface area contributed by atoms with Gasteiger partial charge in [-0.05, 0) is 18.2 Å². The van der Waals surface area contributed by atoms with Gasteiger partial charge in [0.05, 0.1) is 12.1 Å². The van der Waals surface area contributed by atoms with E-state index in [1.165, 1.54) is 6.07 Å². The number of rotatable bonds is 3. The molecule has 2 N–H and O–H groups in total. The Morgan fingerprint density at radius 3 is 2.63 bits per heavy atom. The van der Waals surface area contributed by atoms with Crippen molar-refractivity contribution in [2.75, 3.05) is 18.5 Å². The van der Waals surface area contributed by atoms with Crippen LogP contribution in [0.1, 0.15) is 5.82 Å². The number of aliphatic hydroxyl groups excluding tert-OH is 1. The molecule has 2 aromatic rings. The van der Waals surface area contributed by atoms with Gasteiger partial charge in [-0.15, -0.1) is 0 Å². The van der Waals surface area contributed by atoms with Gasteiger partial charge in [-0.25, -0.2) is 9.97 Å². The van der Waals surface area contributed by atoms with Crippen molar-refractivity contribution in [3.05, 3.63) is 28.5 Å². The SMILES string of the molecule is OCCNc1nc(C(F)(F)F)nc2ccc(Br)cc12. The minimum Gasteiger partial charge on any atom is -0.395 e. The second kappa shape index (κ2) is 5.30. The summed E-state index contributed by atoms with van der Waals surface area (Å²) >= 11 is 3.24. The Balaban J connectivity index is 2.62. The molecule has 1 heterocycles. The van der Waals surface area contributed by atoms with Crippen molar-refractivity contribution < 1.29 is 18.3 Å². The average molecular weight is 336 g/mol. The maximum absolute atomic E-state index is 12.7. The van der Waals surface area contributed by atoms with Crippen molar-refractivity contribution in [3.8, 4) is 0 Å². The van der Waals surface area contributed by atoms with Gasteiger partial charge in [-0.2, -0.15) is 13.2 Å². The van der Waals surface area contributed by atoms with Crippen LogP contribution in [0.4, 0.5) is 19.0 Å². The Morgan fingerprint density at radius 1 is 1.26 bits per heavy atom. The summed E-state index contributed by atoms with van der Waals surface area (Å²) in [7, 11) is 0. The highest BCUT2D eigenvalue weighted by molar-refractivity contribution is 9.10. The summed E-state index contributed by atoms with van der Waals surface area (Å²) in [5.74, 6) is -1.16. The molecule has 0 unspecified atom stereocenters. The molecule has 0 aliphatic heterocycles. The number of nitrogens with one attached hydrogen (secondary N) is 1. The molecular weight excluding hydrogens is 327 g/mol. The first-order valence-electron chi connectivity index (χ1n) is 5.31. The topological polar surface area (TPSA) is 58.0 Å². The van der Waals surface area contributed by atoms with E-state index in [4.69, 9.17) is 5.11 Å². The first-order valence-corrected chi connectivity index (χ1v) is 6.10. The molecule has 102 valence electrons. The third-order valence-electron chi connectivity index (χ3n) is 2.32. The van der Waals surface area contributed by atoms with Crippen LogP contribution in [0.25, 0.3) is 10.9 Å². The maximum Gasteiger partial charge on any atom is 0.451 e. The Bertz CT molecular complexity index is 603. The van der Waals surface area contributed by atoms with Crippen molar-refractivity contribution >= 4 is 32.7 Å². The first kappa shape index (κ1) is 14.0. The lowest BCUT2D eigenvalue weighted by atomic mass is 10.2. The highest BCUT2D eigenvalue weighted by Gasteiger charge is 2.35. The molecule has 0 saturated heterocycles. The fourth-order valence-electron chi connectivity index (χ4n) is 1.54. The van der Waals surface area contributed by atoms with E-state index in [1.807, 2.05) is 0 Å². The predicted octanol–water partition coefficient (Wildman–Crippen LogP) is 2.82. The number of aliphatic hydroxyl groups is 1. The summed E-state index contributed by atoms with van der Waals surface area (Å²) in [6.45, 7) is -0.100. The molecule has 0 fully saturated rings. The molecular formula is C11H9BrF3N3O. The van der Waals surface area contributed by atoms with Crippen molar-refractivity contribution in [2.24, 2.45) is 0 Å². The number of alkyl halides is 3.